The molecule has 0 spiro atoms. The molecule has 2 aliphatic rings. The van der Waals surface area contributed by atoms with Crippen LogP contribution in [0, 0.1) is 5.92 Å². The van der Waals surface area contributed by atoms with Gasteiger partial charge < -0.3 is 20.7 Å². The Labute approximate surface area is 138 Å². The van der Waals surface area contributed by atoms with Crippen LogP contribution < -0.4 is 15.8 Å². The Kier molecular flexibility index (Phi) is 5.18. The number of benzene rings is 1. The summed E-state index contributed by atoms with van der Waals surface area (Å²) in [5.74, 6) is 1.41. The monoisotopic (exact) mass is 317 g/mol. The van der Waals surface area contributed by atoms with Gasteiger partial charge in [-0.05, 0) is 24.8 Å². The Morgan fingerprint density at radius 1 is 1.39 bits per heavy atom. The van der Waals surface area contributed by atoms with Crippen molar-refractivity contribution in [1.82, 2.24) is 10.2 Å². The molecule has 5 heteroatoms. The second kappa shape index (κ2) is 7.32. The summed E-state index contributed by atoms with van der Waals surface area (Å²) in [6.07, 6.45) is 3.86. The fourth-order valence-corrected chi connectivity index (χ4v) is 3.88. The highest BCUT2D eigenvalue weighted by atomic mass is 16.5. The topological polar surface area (TPSA) is 67.6 Å². The summed E-state index contributed by atoms with van der Waals surface area (Å²) in [6, 6.07) is 8.19. The van der Waals surface area contributed by atoms with Crippen molar-refractivity contribution in [2.45, 2.75) is 37.8 Å². The zero-order chi connectivity index (χ0) is 16.2. The number of nitrogens with zero attached hydrogens (tertiary/aromatic N) is 1. The maximum absolute atomic E-state index is 12.9. The Morgan fingerprint density at radius 3 is 2.96 bits per heavy atom. The van der Waals surface area contributed by atoms with Gasteiger partial charge in [0, 0.05) is 37.7 Å². The molecule has 0 aromatic heterocycles. The fourth-order valence-electron chi connectivity index (χ4n) is 3.88. The number of carbonyl (C=O) groups is 1. The zero-order valence-electron chi connectivity index (χ0n) is 13.8. The van der Waals surface area contributed by atoms with Crippen molar-refractivity contribution in [1.29, 1.82) is 0 Å². The van der Waals surface area contributed by atoms with Gasteiger partial charge in [0.05, 0.1) is 13.2 Å². The van der Waals surface area contributed by atoms with Gasteiger partial charge in [0.2, 0.25) is 5.91 Å². The van der Waals surface area contributed by atoms with E-state index in [4.69, 9.17) is 10.5 Å². The predicted molar refractivity (Wildman–Crippen MR) is 90.3 cm³/mol. The molecule has 1 aliphatic carbocycles. The maximum atomic E-state index is 12.9. The first kappa shape index (κ1) is 16.3. The molecule has 2 fully saturated rings. The van der Waals surface area contributed by atoms with Crippen molar-refractivity contribution in [2.24, 2.45) is 11.7 Å². The van der Waals surface area contributed by atoms with E-state index in [0.717, 1.165) is 50.2 Å². The lowest BCUT2D eigenvalue weighted by atomic mass is 9.97. The van der Waals surface area contributed by atoms with Gasteiger partial charge in [0.25, 0.3) is 0 Å². The molecule has 1 amide bonds. The smallest absolute Gasteiger partial charge is 0.223 e. The maximum Gasteiger partial charge on any atom is 0.223 e. The van der Waals surface area contributed by atoms with E-state index in [1.807, 2.05) is 23.1 Å². The number of para-hydroxylation sites is 1. The summed E-state index contributed by atoms with van der Waals surface area (Å²) in [5, 5.41) is 3.40. The largest absolute Gasteiger partial charge is 0.496 e. The molecule has 1 saturated carbocycles. The Hall–Kier alpha value is -1.59. The van der Waals surface area contributed by atoms with Crippen molar-refractivity contribution in [3.63, 3.8) is 0 Å². The van der Waals surface area contributed by atoms with Gasteiger partial charge in [0.15, 0.2) is 0 Å². The SMILES string of the molecule is COc1ccccc1C1CNCCN1C(=O)C[C@@H]1CCC[C@H]1N. The number of methoxy groups -OCH3 is 1. The number of carbonyl (C=O) groups excluding carboxylic acids is 1. The number of hydrogen-bond donors (Lipinski definition) is 2. The minimum atomic E-state index is 0.0324. The summed E-state index contributed by atoms with van der Waals surface area (Å²) < 4.78 is 5.49. The number of nitrogens with two attached hydrogens (primary N) is 1. The predicted octanol–water partition coefficient (Wildman–Crippen LogP) is 1.69. The minimum absolute atomic E-state index is 0.0324. The van der Waals surface area contributed by atoms with Gasteiger partial charge in [0.1, 0.15) is 5.75 Å². The molecule has 3 atom stereocenters. The number of piperazine rings is 1. The zero-order valence-corrected chi connectivity index (χ0v) is 13.8. The summed E-state index contributed by atoms with van der Waals surface area (Å²) in [6.45, 7) is 2.35. The van der Waals surface area contributed by atoms with Gasteiger partial charge in [-0.1, -0.05) is 24.6 Å². The van der Waals surface area contributed by atoms with Crippen molar-refractivity contribution >= 4 is 5.91 Å². The Balaban J connectivity index is 1.77. The van der Waals surface area contributed by atoms with Crippen molar-refractivity contribution in [2.75, 3.05) is 26.7 Å². The second-order valence-corrected chi connectivity index (χ2v) is 6.61. The molecular formula is C18H27N3O2. The first-order valence-electron chi connectivity index (χ1n) is 8.59. The molecule has 0 bridgehead atoms. The lowest BCUT2D eigenvalue weighted by molar-refractivity contribution is -0.135. The molecule has 1 saturated heterocycles. The third-order valence-corrected chi connectivity index (χ3v) is 5.22. The molecular weight excluding hydrogens is 290 g/mol. The van der Waals surface area contributed by atoms with Gasteiger partial charge in [-0.2, -0.15) is 0 Å². The van der Waals surface area contributed by atoms with Crippen molar-refractivity contribution in [3.8, 4) is 5.75 Å². The summed E-state index contributed by atoms with van der Waals surface area (Å²) in [5.41, 5.74) is 7.22. The molecule has 126 valence electrons. The summed E-state index contributed by atoms with van der Waals surface area (Å²) >= 11 is 0. The van der Waals surface area contributed by atoms with Crippen LogP contribution in [0.3, 0.4) is 0 Å². The standard InChI is InChI=1S/C18H27N3O2/c1-23-17-8-3-2-6-14(17)16-12-20-9-10-21(16)18(22)11-13-5-4-7-15(13)19/h2-3,6,8,13,15-16,20H,4-5,7,9-12,19H2,1H3/t13-,15+,16?/m0/s1. The van der Waals surface area contributed by atoms with Gasteiger partial charge in [-0.25, -0.2) is 0 Å². The molecule has 1 aromatic rings. The molecule has 1 aromatic carbocycles. The van der Waals surface area contributed by atoms with Gasteiger partial charge in [-0.15, -0.1) is 0 Å². The van der Waals surface area contributed by atoms with Gasteiger partial charge >= 0.3 is 0 Å². The molecule has 23 heavy (non-hydrogen) atoms. The molecule has 3 N–H and O–H groups in total. The summed E-state index contributed by atoms with van der Waals surface area (Å²) in [4.78, 5) is 14.9. The van der Waals surface area contributed by atoms with Crippen LogP contribution in [0.15, 0.2) is 24.3 Å². The van der Waals surface area contributed by atoms with E-state index >= 15 is 0 Å². The highest BCUT2D eigenvalue weighted by molar-refractivity contribution is 5.77. The molecule has 1 heterocycles. The van der Waals surface area contributed by atoms with E-state index in [1.54, 1.807) is 7.11 Å². The van der Waals surface area contributed by atoms with Gasteiger partial charge in [-0.3, -0.25) is 4.79 Å². The van der Waals surface area contributed by atoms with E-state index in [2.05, 4.69) is 11.4 Å². The summed E-state index contributed by atoms with van der Waals surface area (Å²) in [7, 11) is 1.68. The first-order valence-corrected chi connectivity index (χ1v) is 8.59. The third-order valence-electron chi connectivity index (χ3n) is 5.22. The second-order valence-electron chi connectivity index (χ2n) is 6.61. The molecule has 5 nitrogen and oxygen atoms in total. The number of amides is 1. The van der Waals surface area contributed by atoms with Crippen LogP contribution in [-0.4, -0.2) is 43.6 Å². The number of rotatable bonds is 4. The quantitative estimate of drug-likeness (QED) is 0.887. The highest BCUT2D eigenvalue weighted by Gasteiger charge is 2.33. The Morgan fingerprint density at radius 2 is 2.22 bits per heavy atom. The molecule has 1 unspecified atom stereocenters. The number of ether oxygens (including phenoxy) is 1. The van der Waals surface area contributed by atoms with E-state index in [9.17, 15) is 4.79 Å². The van der Waals surface area contributed by atoms with Crippen molar-refractivity contribution in [3.05, 3.63) is 29.8 Å². The van der Waals surface area contributed by atoms with Crippen LogP contribution in [0.1, 0.15) is 37.3 Å². The average Bonchev–Trinajstić information content (AvgIpc) is 2.99. The molecule has 1 aliphatic heterocycles. The van der Waals surface area contributed by atoms with E-state index in [1.165, 1.54) is 0 Å². The van der Waals surface area contributed by atoms with Crippen LogP contribution in [-0.2, 0) is 4.79 Å². The molecule has 3 rings (SSSR count). The van der Waals surface area contributed by atoms with Crippen LogP contribution in [0.5, 0.6) is 5.75 Å². The minimum Gasteiger partial charge on any atom is -0.496 e. The normalized spacial score (nSPS) is 27.9. The lowest BCUT2D eigenvalue weighted by Gasteiger charge is -2.38. The average molecular weight is 317 g/mol. The number of hydrogen-bond acceptors (Lipinski definition) is 4. The van der Waals surface area contributed by atoms with E-state index in [0.29, 0.717) is 12.3 Å². The lowest BCUT2D eigenvalue weighted by Crippen LogP contribution is -2.49. The Bertz CT molecular complexity index is 549. The van der Waals surface area contributed by atoms with Crippen LogP contribution >= 0.6 is 0 Å². The van der Waals surface area contributed by atoms with E-state index < -0.39 is 0 Å². The fraction of sp³-hybridized carbons (Fsp3) is 0.611. The highest BCUT2D eigenvalue weighted by Crippen LogP contribution is 2.33. The van der Waals surface area contributed by atoms with Crippen LogP contribution in [0.2, 0.25) is 0 Å². The van der Waals surface area contributed by atoms with Crippen molar-refractivity contribution < 1.29 is 9.53 Å². The molecule has 0 radical (unpaired) electrons. The number of nitrogens with one attached hydrogen (secondary N) is 1. The van der Waals surface area contributed by atoms with Crippen LogP contribution in [0.4, 0.5) is 0 Å². The van der Waals surface area contributed by atoms with E-state index in [-0.39, 0.29) is 18.0 Å². The first-order chi connectivity index (χ1) is 11.2. The third kappa shape index (κ3) is 3.51. The van der Waals surface area contributed by atoms with Crippen LogP contribution in [0.25, 0.3) is 0 Å².